The Morgan fingerprint density at radius 1 is 1.32 bits per heavy atom. The third-order valence-electron chi connectivity index (χ3n) is 4.03. The topological polar surface area (TPSA) is 61.8 Å². The van der Waals surface area contributed by atoms with E-state index in [1.807, 2.05) is 37.3 Å². The largest absolute Gasteiger partial charge is 0.469 e. The first-order chi connectivity index (χ1) is 10.6. The molecule has 2 rings (SSSR count). The summed E-state index contributed by atoms with van der Waals surface area (Å²) in [6, 6.07) is 9.87. The van der Waals surface area contributed by atoms with Gasteiger partial charge < -0.3 is 14.2 Å². The Balaban J connectivity index is 1.92. The van der Waals surface area contributed by atoms with Gasteiger partial charge in [0, 0.05) is 18.8 Å². The number of esters is 2. The first-order valence-electron chi connectivity index (χ1n) is 7.48. The molecule has 1 aromatic rings. The van der Waals surface area contributed by atoms with Crippen molar-refractivity contribution in [2.24, 2.45) is 11.8 Å². The lowest BCUT2D eigenvalue weighted by Crippen LogP contribution is -2.40. The summed E-state index contributed by atoms with van der Waals surface area (Å²) in [4.78, 5) is 23.1. The van der Waals surface area contributed by atoms with Crippen molar-refractivity contribution in [3.8, 4) is 0 Å². The smallest absolute Gasteiger partial charge is 0.306 e. The average molecular weight is 306 g/mol. The number of cyclic esters (lactones) is 1. The van der Waals surface area contributed by atoms with Crippen LogP contribution in [-0.4, -0.2) is 31.8 Å². The van der Waals surface area contributed by atoms with Crippen molar-refractivity contribution in [3.63, 3.8) is 0 Å². The lowest BCUT2D eigenvalue weighted by Gasteiger charge is -2.35. The first-order valence-corrected chi connectivity index (χ1v) is 7.48. The lowest BCUT2D eigenvalue weighted by molar-refractivity contribution is -0.166. The maximum atomic E-state index is 11.6. The molecule has 5 nitrogen and oxygen atoms in total. The minimum absolute atomic E-state index is 0.000474. The van der Waals surface area contributed by atoms with Crippen LogP contribution >= 0.6 is 0 Å². The number of benzene rings is 1. The van der Waals surface area contributed by atoms with E-state index in [0.717, 1.165) is 5.56 Å². The minimum atomic E-state index is -0.306. The Labute approximate surface area is 130 Å². The molecule has 120 valence electrons. The van der Waals surface area contributed by atoms with E-state index in [2.05, 4.69) is 0 Å². The van der Waals surface area contributed by atoms with Crippen molar-refractivity contribution in [1.29, 1.82) is 0 Å². The van der Waals surface area contributed by atoms with Gasteiger partial charge in [0.2, 0.25) is 0 Å². The van der Waals surface area contributed by atoms with Crippen molar-refractivity contribution < 1.29 is 23.8 Å². The molecule has 22 heavy (non-hydrogen) atoms. The van der Waals surface area contributed by atoms with Gasteiger partial charge in [0.15, 0.2) is 0 Å². The number of rotatable bonds is 6. The van der Waals surface area contributed by atoms with E-state index in [1.54, 1.807) is 0 Å². The molecular formula is C17H22O5. The monoisotopic (exact) mass is 306 g/mol. The van der Waals surface area contributed by atoms with E-state index in [4.69, 9.17) is 14.2 Å². The molecule has 0 bridgehead atoms. The summed E-state index contributed by atoms with van der Waals surface area (Å²) in [6.07, 6.45) is 0.195. The van der Waals surface area contributed by atoms with Crippen LogP contribution in [0, 0.1) is 11.8 Å². The van der Waals surface area contributed by atoms with Crippen molar-refractivity contribution in [2.45, 2.75) is 32.5 Å². The van der Waals surface area contributed by atoms with Gasteiger partial charge in [-0.05, 0) is 18.4 Å². The summed E-state index contributed by atoms with van der Waals surface area (Å²) in [6.45, 7) is 2.80. The molecule has 1 aliphatic heterocycles. The number of methoxy groups -OCH3 is 1. The Bertz CT molecular complexity index is 499. The first kappa shape index (κ1) is 16.5. The van der Waals surface area contributed by atoms with Crippen LogP contribution in [0.15, 0.2) is 30.3 Å². The highest BCUT2D eigenvalue weighted by atomic mass is 16.5. The molecule has 0 aliphatic carbocycles. The molecule has 0 saturated carbocycles. The number of carbonyl (C=O) groups is 2. The highest BCUT2D eigenvalue weighted by Gasteiger charge is 2.37. The molecule has 1 saturated heterocycles. The number of ether oxygens (including phenoxy) is 3. The molecule has 0 spiro atoms. The highest BCUT2D eigenvalue weighted by molar-refractivity contribution is 5.74. The van der Waals surface area contributed by atoms with Crippen LogP contribution in [0.5, 0.6) is 0 Å². The summed E-state index contributed by atoms with van der Waals surface area (Å²) in [5.41, 5.74) is 1.09. The van der Waals surface area contributed by atoms with Crippen LogP contribution in [0.4, 0.5) is 0 Å². The third-order valence-corrected chi connectivity index (χ3v) is 4.03. The van der Waals surface area contributed by atoms with Gasteiger partial charge in [0.1, 0.15) is 6.10 Å². The van der Waals surface area contributed by atoms with E-state index < -0.39 is 0 Å². The van der Waals surface area contributed by atoms with Gasteiger partial charge in [-0.15, -0.1) is 0 Å². The highest BCUT2D eigenvalue weighted by Crippen LogP contribution is 2.31. The second kappa shape index (κ2) is 7.94. The molecule has 0 aromatic heterocycles. The van der Waals surface area contributed by atoms with Crippen LogP contribution in [0.2, 0.25) is 0 Å². The van der Waals surface area contributed by atoms with E-state index in [0.29, 0.717) is 13.2 Å². The van der Waals surface area contributed by atoms with Crippen molar-refractivity contribution in [2.75, 3.05) is 13.7 Å². The Morgan fingerprint density at radius 3 is 2.73 bits per heavy atom. The van der Waals surface area contributed by atoms with Gasteiger partial charge in [-0.25, -0.2) is 0 Å². The number of hydrogen-bond acceptors (Lipinski definition) is 5. The molecule has 5 heteroatoms. The number of carbonyl (C=O) groups excluding carboxylic acids is 2. The molecule has 0 unspecified atom stereocenters. The van der Waals surface area contributed by atoms with Crippen LogP contribution in [0.25, 0.3) is 0 Å². The van der Waals surface area contributed by atoms with Gasteiger partial charge in [-0.3, -0.25) is 9.59 Å². The van der Waals surface area contributed by atoms with E-state index >= 15 is 0 Å². The lowest BCUT2D eigenvalue weighted by atomic mass is 9.82. The quantitative estimate of drug-likeness (QED) is 0.755. The summed E-state index contributed by atoms with van der Waals surface area (Å²) in [7, 11) is 1.35. The van der Waals surface area contributed by atoms with Crippen molar-refractivity contribution in [3.05, 3.63) is 35.9 Å². The number of hydrogen-bond donors (Lipinski definition) is 0. The van der Waals surface area contributed by atoms with E-state index in [1.165, 1.54) is 7.11 Å². The van der Waals surface area contributed by atoms with Crippen molar-refractivity contribution >= 4 is 11.9 Å². The molecule has 3 atom stereocenters. The van der Waals surface area contributed by atoms with Gasteiger partial charge >= 0.3 is 11.9 Å². The fourth-order valence-electron chi connectivity index (χ4n) is 2.77. The predicted octanol–water partition coefficient (Wildman–Crippen LogP) is 2.33. The Kier molecular flexibility index (Phi) is 5.95. The summed E-state index contributed by atoms with van der Waals surface area (Å²) < 4.78 is 15.8. The fourth-order valence-corrected chi connectivity index (χ4v) is 2.77. The van der Waals surface area contributed by atoms with E-state index in [9.17, 15) is 9.59 Å². The van der Waals surface area contributed by atoms with Gasteiger partial charge in [-0.2, -0.15) is 0 Å². The second-order valence-corrected chi connectivity index (χ2v) is 5.60. The molecular weight excluding hydrogens is 284 g/mol. The SMILES string of the molecule is COC(=O)C[C@@H]1CC(=O)O[C@H](C)[C@H]1COCc1ccccc1. The molecule has 0 amide bonds. The summed E-state index contributed by atoms with van der Waals surface area (Å²) in [5, 5.41) is 0. The van der Waals surface area contributed by atoms with Crippen LogP contribution in [0.1, 0.15) is 25.3 Å². The standard InChI is InChI=1S/C17H22O5/c1-12-15(11-21-10-13-6-4-3-5-7-13)14(8-16(18)20-2)9-17(19)22-12/h3-7,12,14-15H,8-11H2,1-2H3/t12-,14-,15-/m1/s1. The summed E-state index contributed by atoms with van der Waals surface area (Å²) >= 11 is 0. The normalized spacial score (nSPS) is 24.6. The van der Waals surface area contributed by atoms with E-state index in [-0.39, 0.29) is 42.7 Å². The van der Waals surface area contributed by atoms with Gasteiger partial charge in [0.05, 0.1) is 20.3 Å². The zero-order chi connectivity index (χ0) is 15.9. The third kappa shape index (κ3) is 4.56. The zero-order valence-corrected chi connectivity index (χ0v) is 13.0. The van der Waals surface area contributed by atoms with Crippen molar-refractivity contribution in [1.82, 2.24) is 0 Å². The molecule has 1 heterocycles. The fraction of sp³-hybridized carbons (Fsp3) is 0.529. The van der Waals surface area contributed by atoms with Gasteiger partial charge in [0.25, 0.3) is 0 Å². The average Bonchev–Trinajstić information content (AvgIpc) is 2.50. The van der Waals surface area contributed by atoms with Crippen LogP contribution in [0.3, 0.4) is 0 Å². The van der Waals surface area contributed by atoms with Gasteiger partial charge in [-0.1, -0.05) is 30.3 Å². The maximum absolute atomic E-state index is 11.6. The molecule has 0 radical (unpaired) electrons. The maximum Gasteiger partial charge on any atom is 0.306 e. The van der Waals surface area contributed by atoms with Crippen LogP contribution in [-0.2, 0) is 30.4 Å². The Morgan fingerprint density at radius 2 is 2.05 bits per heavy atom. The zero-order valence-electron chi connectivity index (χ0n) is 13.0. The molecule has 1 aliphatic rings. The Hall–Kier alpha value is -1.88. The molecule has 1 aromatic carbocycles. The van der Waals surface area contributed by atoms with Crippen LogP contribution < -0.4 is 0 Å². The summed E-state index contributed by atoms with van der Waals surface area (Å²) in [5.74, 6) is -0.666. The molecule has 1 fully saturated rings. The predicted molar refractivity (Wildman–Crippen MR) is 79.9 cm³/mol. The minimum Gasteiger partial charge on any atom is -0.469 e. The second-order valence-electron chi connectivity index (χ2n) is 5.60. The molecule has 0 N–H and O–H groups in total.